The maximum absolute atomic E-state index is 5.08. The van der Waals surface area contributed by atoms with Gasteiger partial charge in [0.05, 0.1) is 12.3 Å². The molecule has 0 fully saturated rings. The first-order valence-corrected chi connectivity index (χ1v) is 4.94. The van der Waals surface area contributed by atoms with Crippen molar-refractivity contribution in [2.75, 3.05) is 21.2 Å². The van der Waals surface area contributed by atoms with Crippen LogP contribution < -0.4 is 0 Å². The number of amidine groups is 1. The van der Waals surface area contributed by atoms with E-state index in [4.69, 9.17) is 4.74 Å². The summed E-state index contributed by atoms with van der Waals surface area (Å²) in [6.07, 6.45) is 0. The minimum atomic E-state index is 0.629. The number of hydrogen-bond donors (Lipinski definition) is 0. The fourth-order valence-electron chi connectivity index (χ4n) is 1.17. The maximum atomic E-state index is 5.08. The molecule has 0 atom stereocenters. The lowest BCUT2D eigenvalue weighted by molar-refractivity contribution is 0.185. The lowest BCUT2D eigenvalue weighted by atomic mass is 10.2. The van der Waals surface area contributed by atoms with Crippen molar-refractivity contribution in [2.45, 2.75) is 13.5 Å². The second-order valence-electron chi connectivity index (χ2n) is 3.66. The van der Waals surface area contributed by atoms with Gasteiger partial charge in [0.1, 0.15) is 5.84 Å². The summed E-state index contributed by atoms with van der Waals surface area (Å²) in [6.45, 7) is 2.62. The van der Waals surface area contributed by atoms with E-state index in [0.717, 1.165) is 17.1 Å². The van der Waals surface area contributed by atoms with Gasteiger partial charge in [0.25, 0.3) is 0 Å². The van der Waals surface area contributed by atoms with Crippen LogP contribution in [0.3, 0.4) is 0 Å². The molecule has 0 aliphatic rings. The molecule has 0 saturated heterocycles. The maximum Gasteiger partial charge on any atom is 0.101 e. The molecule has 3 heteroatoms. The SMILES string of the molecule is COCc1cccc(N=C(C)N(C)C)c1. The van der Waals surface area contributed by atoms with E-state index in [-0.39, 0.29) is 0 Å². The molecule has 0 N–H and O–H groups in total. The molecule has 0 spiro atoms. The van der Waals surface area contributed by atoms with E-state index < -0.39 is 0 Å². The van der Waals surface area contributed by atoms with Gasteiger partial charge in [-0.05, 0) is 24.6 Å². The first-order valence-electron chi connectivity index (χ1n) is 4.94. The standard InChI is InChI=1S/C12H18N2O/c1-10(14(2)3)13-12-7-5-6-11(8-12)9-15-4/h5-8H,9H2,1-4H3. The summed E-state index contributed by atoms with van der Waals surface area (Å²) in [7, 11) is 5.66. The van der Waals surface area contributed by atoms with Crippen molar-refractivity contribution in [2.24, 2.45) is 4.99 Å². The average molecular weight is 206 g/mol. The van der Waals surface area contributed by atoms with Crippen molar-refractivity contribution in [3.05, 3.63) is 29.8 Å². The van der Waals surface area contributed by atoms with E-state index in [2.05, 4.69) is 4.99 Å². The normalized spacial score (nSPS) is 11.6. The smallest absolute Gasteiger partial charge is 0.101 e. The molecule has 3 nitrogen and oxygen atoms in total. The van der Waals surface area contributed by atoms with Gasteiger partial charge in [0, 0.05) is 21.2 Å². The lowest BCUT2D eigenvalue weighted by Crippen LogP contribution is -2.17. The molecule has 1 aromatic rings. The first-order chi connectivity index (χ1) is 7.13. The van der Waals surface area contributed by atoms with Gasteiger partial charge in [0.2, 0.25) is 0 Å². The van der Waals surface area contributed by atoms with Crippen LogP contribution in [0.5, 0.6) is 0 Å². The van der Waals surface area contributed by atoms with E-state index in [1.807, 2.05) is 50.2 Å². The Morgan fingerprint density at radius 2 is 2.13 bits per heavy atom. The Kier molecular flexibility index (Phi) is 4.31. The van der Waals surface area contributed by atoms with Gasteiger partial charge in [-0.3, -0.25) is 0 Å². The molecule has 0 saturated carbocycles. The fraction of sp³-hybridized carbons (Fsp3) is 0.417. The van der Waals surface area contributed by atoms with E-state index in [9.17, 15) is 0 Å². The van der Waals surface area contributed by atoms with Gasteiger partial charge in [-0.1, -0.05) is 12.1 Å². The molecule has 0 aliphatic carbocycles. The number of hydrogen-bond acceptors (Lipinski definition) is 2. The zero-order valence-corrected chi connectivity index (χ0v) is 9.82. The zero-order chi connectivity index (χ0) is 11.3. The lowest BCUT2D eigenvalue weighted by Gasteiger charge is -2.11. The predicted molar refractivity (Wildman–Crippen MR) is 63.6 cm³/mol. The summed E-state index contributed by atoms with van der Waals surface area (Å²) >= 11 is 0. The summed E-state index contributed by atoms with van der Waals surface area (Å²) in [5.41, 5.74) is 2.11. The van der Waals surface area contributed by atoms with Crippen LogP contribution in [0.25, 0.3) is 0 Å². The minimum absolute atomic E-state index is 0.629. The van der Waals surface area contributed by atoms with Crippen molar-refractivity contribution < 1.29 is 4.74 Å². The number of nitrogens with zero attached hydrogens (tertiary/aromatic N) is 2. The first kappa shape index (κ1) is 11.7. The Hall–Kier alpha value is -1.35. The molecular formula is C12H18N2O. The third kappa shape index (κ3) is 3.72. The van der Waals surface area contributed by atoms with Crippen LogP contribution in [-0.4, -0.2) is 31.9 Å². The molecule has 0 aliphatic heterocycles. The van der Waals surface area contributed by atoms with E-state index >= 15 is 0 Å². The molecule has 0 radical (unpaired) electrons. The van der Waals surface area contributed by atoms with Crippen LogP contribution >= 0.6 is 0 Å². The summed E-state index contributed by atoms with van der Waals surface area (Å²) in [4.78, 5) is 6.48. The Bertz CT molecular complexity index is 345. The molecule has 0 amide bonds. The molecule has 1 aromatic carbocycles. The predicted octanol–water partition coefficient (Wildman–Crippen LogP) is 2.44. The summed E-state index contributed by atoms with van der Waals surface area (Å²) in [5, 5.41) is 0. The van der Waals surface area contributed by atoms with Crippen molar-refractivity contribution in [1.82, 2.24) is 4.90 Å². The average Bonchev–Trinajstić information content (AvgIpc) is 2.18. The van der Waals surface area contributed by atoms with Gasteiger partial charge in [-0.25, -0.2) is 4.99 Å². The highest BCUT2D eigenvalue weighted by Gasteiger charge is 1.96. The monoisotopic (exact) mass is 206 g/mol. The third-order valence-electron chi connectivity index (χ3n) is 2.16. The third-order valence-corrected chi connectivity index (χ3v) is 2.16. The second kappa shape index (κ2) is 5.51. The van der Waals surface area contributed by atoms with Gasteiger partial charge in [-0.15, -0.1) is 0 Å². The number of benzene rings is 1. The van der Waals surface area contributed by atoms with Crippen LogP contribution in [-0.2, 0) is 11.3 Å². The van der Waals surface area contributed by atoms with Gasteiger partial charge in [-0.2, -0.15) is 0 Å². The van der Waals surface area contributed by atoms with Gasteiger partial charge >= 0.3 is 0 Å². The summed E-state index contributed by atoms with van der Waals surface area (Å²) < 4.78 is 5.08. The molecule has 0 heterocycles. The van der Waals surface area contributed by atoms with E-state index in [1.165, 1.54) is 0 Å². The quantitative estimate of drug-likeness (QED) is 0.560. The van der Waals surface area contributed by atoms with Gasteiger partial charge in [0.15, 0.2) is 0 Å². The highest BCUT2D eigenvalue weighted by atomic mass is 16.5. The topological polar surface area (TPSA) is 24.8 Å². The van der Waals surface area contributed by atoms with Crippen LogP contribution in [0.4, 0.5) is 5.69 Å². The van der Waals surface area contributed by atoms with Crippen LogP contribution in [0.15, 0.2) is 29.3 Å². The van der Waals surface area contributed by atoms with Crippen molar-refractivity contribution >= 4 is 11.5 Å². The van der Waals surface area contributed by atoms with Crippen LogP contribution in [0, 0.1) is 0 Å². The molecular weight excluding hydrogens is 188 g/mol. The highest BCUT2D eigenvalue weighted by molar-refractivity contribution is 5.82. The Balaban J connectivity index is 2.86. The number of aliphatic imine (C=N–C) groups is 1. The summed E-state index contributed by atoms with van der Waals surface area (Å²) in [6, 6.07) is 8.06. The fourth-order valence-corrected chi connectivity index (χ4v) is 1.17. The Morgan fingerprint density at radius 1 is 1.40 bits per heavy atom. The molecule has 1 rings (SSSR count). The van der Waals surface area contributed by atoms with Gasteiger partial charge < -0.3 is 9.64 Å². The largest absolute Gasteiger partial charge is 0.380 e. The summed E-state index contributed by atoms with van der Waals surface area (Å²) in [5.74, 6) is 0.990. The van der Waals surface area contributed by atoms with E-state index in [1.54, 1.807) is 7.11 Å². The van der Waals surface area contributed by atoms with Crippen molar-refractivity contribution in [1.29, 1.82) is 0 Å². The van der Waals surface area contributed by atoms with Crippen LogP contribution in [0.2, 0.25) is 0 Å². The number of rotatable bonds is 3. The number of ether oxygens (including phenoxy) is 1. The van der Waals surface area contributed by atoms with E-state index in [0.29, 0.717) is 6.61 Å². The zero-order valence-electron chi connectivity index (χ0n) is 9.82. The number of methoxy groups -OCH3 is 1. The molecule has 0 unspecified atom stereocenters. The molecule has 15 heavy (non-hydrogen) atoms. The highest BCUT2D eigenvalue weighted by Crippen LogP contribution is 2.15. The van der Waals surface area contributed by atoms with Crippen molar-refractivity contribution in [3.8, 4) is 0 Å². The molecule has 82 valence electrons. The Labute approximate surface area is 91.4 Å². The molecule has 0 bridgehead atoms. The Morgan fingerprint density at radius 3 is 2.73 bits per heavy atom. The second-order valence-corrected chi connectivity index (χ2v) is 3.66. The van der Waals surface area contributed by atoms with Crippen molar-refractivity contribution in [3.63, 3.8) is 0 Å². The van der Waals surface area contributed by atoms with Crippen LogP contribution in [0.1, 0.15) is 12.5 Å². The molecule has 0 aromatic heterocycles. The minimum Gasteiger partial charge on any atom is -0.380 e.